The highest BCUT2D eigenvalue weighted by molar-refractivity contribution is 5.69. The lowest BCUT2D eigenvalue weighted by Gasteiger charge is -2.36. The van der Waals surface area contributed by atoms with Gasteiger partial charge in [-0.25, -0.2) is 4.68 Å². The first-order chi connectivity index (χ1) is 8.74. The fourth-order valence-electron chi connectivity index (χ4n) is 3.47. The Labute approximate surface area is 109 Å². The topological polar surface area (TPSA) is 41.9 Å². The van der Waals surface area contributed by atoms with Gasteiger partial charge in [0.05, 0.1) is 5.69 Å². The third kappa shape index (κ3) is 1.88. The van der Waals surface area contributed by atoms with Crippen LogP contribution in [-0.4, -0.2) is 22.9 Å². The number of aryl methyl sites for hydroxylation is 2. The summed E-state index contributed by atoms with van der Waals surface area (Å²) in [5.41, 5.74) is 2.80. The molecule has 2 heterocycles. The number of hydrogen-bond acceptors (Lipinski definition) is 3. The van der Waals surface area contributed by atoms with Crippen LogP contribution < -0.4 is 10.6 Å². The Bertz CT molecular complexity index is 429. The van der Waals surface area contributed by atoms with Gasteiger partial charge in [-0.05, 0) is 26.7 Å². The van der Waals surface area contributed by atoms with Crippen LogP contribution >= 0.6 is 0 Å². The third-order valence-electron chi connectivity index (χ3n) is 4.61. The van der Waals surface area contributed by atoms with Crippen LogP contribution in [0.3, 0.4) is 0 Å². The molecule has 0 amide bonds. The normalized spacial score (nSPS) is 21.9. The second-order valence-electron chi connectivity index (χ2n) is 5.89. The van der Waals surface area contributed by atoms with E-state index in [1.165, 1.54) is 43.6 Å². The molecule has 0 bridgehead atoms. The van der Waals surface area contributed by atoms with Crippen molar-refractivity contribution in [3.63, 3.8) is 0 Å². The molecular formula is C14H24N4. The van der Waals surface area contributed by atoms with Gasteiger partial charge in [0.1, 0.15) is 11.5 Å². The molecule has 3 rings (SSSR count). The van der Waals surface area contributed by atoms with E-state index in [1.807, 2.05) is 0 Å². The van der Waals surface area contributed by atoms with E-state index in [4.69, 9.17) is 0 Å². The smallest absolute Gasteiger partial charge is 0.148 e. The highest BCUT2D eigenvalue weighted by Crippen LogP contribution is 2.40. The summed E-state index contributed by atoms with van der Waals surface area (Å²) in [6.45, 7) is 7.37. The first-order valence-electron chi connectivity index (χ1n) is 7.29. The van der Waals surface area contributed by atoms with Gasteiger partial charge in [0.15, 0.2) is 0 Å². The second-order valence-corrected chi connectivity index (χ2v) is 5.89. The minimum Gasteiger partial charge on any atom is -0.380 e. The van der Waals surface area contributed by atoms with Gasteiger partial charge in [-0.15, -0.1) is 0 Å². The molecule has 1 aromatic rings. The summed E-state index contributed by atoms with van der Waals surface area (Å²) in [6.07, 6.45) is 6.90. The van der Waals surface area contributed by atoms with Crippen molar-refractivity contribution in [3.8, 4) is 0 Å². The van der Waals surface area contributed by atoms with Gasteiger partial charge in [-0.3, -0.25) is 0 Å². The number of hydrogen-bond donors (Lipinski definition) is 2. The van der Waals surface area contributed by atoms with Crippen molar-refractivity contribution in [3.05, 3.63) is 5.69 Å². The Morgan fingerprint density at radius 2 is 1.89 bits per heavy atom. The maximum Gasteiger partial charge on any atom is 0.148 e. The van der Waals surface area contributed by atoms with Crippen molar-refractivity contribution in [2.75, 3.05) is 23.7 Å². The van der Waals surface area contributed by atoms with Gasteiger partial charge in [0.25, 0.3) is 0 Å². The Balaban J connectivity index is 1.85. The lowest BCUT2D eigenvalue weighted by Crippen LogP contribution is -2.37. The molecule has 0 saturated heterocycles. The maximum atomic E-state index is 4.58. The molecule has 4 nitrogen and oxygen atoms in total. The van der Waals surface area contributed by atoms with Crippen molar-refractivity contribution in [1.82, 2.24) is 9.78 Å². The lowest BCUT2D eigenvalue weighted by molar-refractivity contribution is 0.223. The molecule has 0 radical (unpaired) electrons. The van der Waals surface area contributed by atoms with E-state index >= 15 is 0 Å². The first-order valence-corrected chi connectivity index (χ1v) is 7.29. The van der Waals surface area contributed by atoms with E-state index in [0.29, 0.717) is 5.41 Å². The minimum atomic E-state index is 0.461. The Morgan fingerprint density at radius 1 is 1.17 bits per heavy atom. The predicted molar refractivity (Wildman–Crippen MR) is 75.1 cm³/mol. The van der Waals surface area contributed by atoms with Crippen molar-refractivity contribution in [1.29, 1.82) is 0 Å². The Morgan fingerprint density at radius 3 is 2.61 bits per heavy atom. The molecule has 4 heteroatoms. The standard InChI is InChI=1S/C14H24N4/c1-3-18-13-12(11(2)17-18)15-9-14(10-16-13)7-5-4-6-8-14/h15-16H,3-10H2,1-2H3. The molecule has 0 aromatic carbocycles. The average Bonchev–Trinajstić information content (AvgIpc) is 2.59. The quantitative estimate of drug-likeness (QED) is 0.803. The first kappa shape index (κ1) is 11.9. The highest BCUT2D eigenvalue weighted by Gasteiger charge is 2.35. The van der Waals surface area contributed by atoms with Crippen molar-refractivity contribution in [2.24, 2.45) is 5.41 Å². The highest BCUT2D eigenvalue weighted by atomic mass is 15.3. The lowest BCUT2D eigenvalue weighted by atomic mass is 9.74. The van der Waals surface area contributed by atoms with Gasteiger partial charge >= 0.3 is 0 Å². The molecule has 1 aliphatic carbocycles. The van der Waals surface area contributed by atoms with E-state index in [-0.39, 0.29) is 0 Å². The zero-order chi connectivity index (χ0) is 12.6. The zero-order valence-electron chi connectivity index (χ0n) is 11.6. The molecule has 1 fully saturated rings. The van der Waals surface area contributed by atoms with E-state index in [2.05, 4.69) is 34.3 Å². The van der Waals surface area contributed by atoms with Crippen LogP contribution in [-0.2, 0) is 6.54 Å². The van der Waals surface area contributed by atoms with Crippen molar-refractivity contribution in [2.45, 2.75) is 52.5 Å². The summed E-state index contributed by atoms with van der Waals surface area (Å²) in [6, 6.07) is 0. The molecule has 1 aromatic heterocycles. The Kier molecular flexibility index (Phi) is 2.96. The Hall–Kier alpha value is -1.19. The van der Waals surface area contributed by atoms with Crippen LogP contribution in [0, 0.1) is 12.3 Å². The van der Waals surface area contributed by atoms with Gasteiger partial charge in [-0.2, -0.15) is 5.10 Å². The summed E-state index contributed by atoms with van der Waals surface area (Å²) in [5.74, 6) is 1.19. The fraction of sp³-hybridized carbons (Fsp3) is 0.786. The van der Waals surface area contributed by atoms with Gasteiger partial charge in [-0.1, -0.05) is 19.3 Å². The summed E-state index contributed by atoms with van der Waals surface area (Å²) >= 11 is 0. The number of fused-ring (bicyclic) bond motifs is 1. The molecule has 1 spiro atoms. The van der Waals surface area contributed by atoms with Crippen LogP contribution in [0.1, 0.15) is 44.7 Å². The molecule has 1 aliphatic heterocycles. The summed E-state index contributed by atoms with van der Waals surface area (Å²) in [5, 5.41) is 11.9. The molecule has 18 heavy (non-hydrogen) atoms. The average molecular weight is 248 g/mol. The van der Waals surface area contributed by atoms with Crippen LogP contribution in [0.5, 0.6) is 0 Å². The predicted octanol–water partition coefficient (Wildman–Crippen LogP) is 3.00. The number of aromatic nitrogens is 2. The largest absolute Gasteiger partial charge is 0.380 e. The van der Waals surface area contributed by atoms with Crippen molar-refractivity contribution >= 4 is 11.5 Å². The third-order valence-corrected chi connectivity index (χ3v) is 4.61. The number of anilines is 2. The van der Waals surface area contributed by atoms with Crippen LogP contribution in [0.4, 0.5) is 11.5 Å². The monoisotopic (exact) mass is 248 g/mol. The van der Waals surface area contributed by atoms with E-state index in [1.54, 1.807) is 0 Å². The maximum absolute atomic E-state index is 4.58. The molecule has 100 valence electrons. The van der Waals surface area contributed by atoms with Gasteiger partial charge in [0, 0.05) is 25.0 Å². The molecule has 0 unspecified atom stereocenters. The number of nitrogens with one attached hydrogen (secondary N) is 2. The fourth-order valence-corrected chi connectivity index (χ4v) is 3.47. The molecule has 0 atom stereocenters. The molecule has 1 saturated carbocycles. The summed E-state index contributed by atoms with van der Waals surface area (Å²) in [7, 11) is 0. The summed E-state index contributed by atoms with van der Waals surface area (Å²) in [4.78, 5) is 0. The molecular weight excluding hydrogens is 224 g/mol. The van der Waals surface area contributed by atoms with Gasteiger partial charge < -0.3 is 10.6 Å². The molecule has 2 N–H and O–H groups in total. The van der Waals surface area contributed by atoms with Crippen LogP contribution in [0.25, 0.3) is 0 Å². The second kappa shape index (κ2) is 4.48. The van der Waals surface area contributed by atoms with Crippen molar-refractivity contribution < 1.29 is 0 Å². The van der Waals surface area contributed by atoms with Crippen LogP contribution in [0.15, 0.2) is 0 Å². The minimum absolute atomic E-state index is 0.461. The van der Waals surface area contributed by atoms with E-state index < -0.39 is 0 Å². The number of rotatable bonds is 1. The molecule has 2 aliphatic rings. The number of nitrogens with zero attached hydrogens (tertiary/aromatic N) is 2. The van der Waals surface area contributed by atoms with E-state index in [0.717, 1.165) is 25.3 Å². The SMILES string of the molecule is CCn1nc(C)c2c1NCC1(CCCCC1)CN2. The van der Waals surface area contributed by atoms with Gasteiger partial charge in [0.2, 0.25) is 0 Å². The van der Waals surface area contributed by atoms with Crippen LogP contribution in [0.2, 0.25) is 0 Å². The summed E-state index contributed by atoms with van der Waals surface area (Å²) < 4.78 is 2.08. The van der Waals surface area contributed by atoms with E-state index in [9.17, 15) is 0 Å². The zero-order valence-corrected chi connectivity index (χ0v) is 11.6.